The Kier molecular flexibility index (Phi) is 17.6. The Morgan fingerprint density at radius 2 is 1.35 bits per heavy atom. The van der Waals surface area contributed by atoms with Crippen LogP contribution in [0.4, 0.5) is 0 Å². The molecule has 0 aliphatic heterocycles. The Morgan fingerprint density at radius 1 is 0.846 bits per heavy atom. The highest BCUT2D eigenvalue weighted by atomic mass is 16.5. The van der Waals surface area contributed by atoms with Crippen LogP contribution in [-0.4, -0.2) is 24.3 Å². The van der Waals surface area contributed by atoms with Gasteiger partial charge in [-0.05, 0) is 38.5 Å². The van der Waals surface area contributed by atoms with E-state index in [1.165, 1.54) is 7.11 Å². The molecule has 0 bridgehead atoms. The van der Waals surface area contributed by atoms with E-state index in [-0.39, 0.29) is 12.4 Å². The number of carbonyl (C=O) groups excluding carboxylic acids is 1. The lowest BCUT2D eigenvalue weighted by Gasteiger charge is -2.02. The van der Waals surface area contributed by atoms with Gasteiger partial charge in [-0.15, -0.1) is 0 Å². The van der Waals surface area contributed by atoms with Gasteiger partial charge in [-0.1, -0.05) is 79.8 Å². The van der Waals surface area contributed by atoms with Gasteiger partial charge in [-0.3, -0.25) is 4.79 Å². The summed E-state index contributed by atoms with van der Waals surface area (Å²) in [7, 11) is 1.35. The molecule has 0 heterocycles. The van der Waals surface area contributed by atoms with Crippen molar-refractivity contribution in [3.63, 3.8) is 0 Å². The molecule has 1 unspecified atom stereocenters. The van der Waals surface area contributed by atoms with E-state index < -0.39 is 6.10 Å². The topological polar surface area (TPSA) is 46.5 Å². The number of carbonyl (C=O) groups is 1. The smallest absolute Gasteiger partial charge is 0.305 e. The number of allylic oxidation sites excluding steroid dienone is 11. The number of aliphatic hydroxyl groups is 1. The van der Waals surface area contributed by atoms with Gasteiger partial charge in [0.25, 0.3) is 0 Å². The van der Waals surface area contributed by atoms with E-state index >= 15 is 0 Å². The van der Waals surface area contributed by atoms with Crippen LogP contribution < -0.4 is 0 Å². The van der Waals surface area contributed by atoms with E-state index in [0.717, 1.165) is 32.1 Å². The fourth-order valence-electron chi connectivity index (χ4n) is 1.97. The minimum Gasteiger partial charge on any atom is -0.469 e. The maximum atomic E-state index is 11.0. The molecule has 26 heavy (non-hydrogen) atoms. The number of esters is 1. The predicted octanol–water partition coefficient (Wildman–Crippen LogP) is 5.61. The van der Waals surface area contributed by atoms with Crippen LogP contribution in [-0.2, 0) is 9.53 Å². The molecular weight excluding hydrogens is 324 g/mol. The summed E-state index contributed by atoms with van der Waals surface area (Å²) in [6.45, 7) is 2.14. The summed E-state index contributed by atoms with van der Waals surface area (Å²) in [6.07, 6.45) is 29.7. The van der Waals surface area contributed by atoms with Gasteiger partial charge in [0.15, 0.2) is 0 Å². The van der Waals surface area contributed by atoms with E-state index in [0.29, 0.717) is 6.42 Å². The monoisotopic (exact) mass is 358 g/mol. The van der Waals surface area contributed by atoms with E-state index in [4.69, 9.17) is 0 Å². The summed E-state index contributed by atoms with van der Waals surface area (Å²) in [4.78, 5) is 11.0. The number of hydrogen-bond donors (Lipinski definition) is 1. The van der Waals surface area contributed by atoms with Crippen molar-refractivity contribution in [3.8, 4) is 0 Å². The molecule has 3 heteroatoms. The zero-order chi connectivity index (χ0) is 19.3. The van der Waals surface area contributed by atoms with Gasteiger partial charge >= 0.3 is 5.97 Å². The van der Waals surface area contributed by atoms with Crippen molar-refractivity contribution in [1.82, 2.24) is 0 Å². The summed E-state index contributed by atoms with van der Waals surface area (Å²) in [5, 5.41) is 9.65. The summed E-state index contributed by atoms with van der Waals surface area (Å²) < 4.78 is 4.53. The van der Waals surface area contributed by atoms with Gasteiger partial charge < -0.3 is 9.84 Å². The van der Waals surface area contributed by atoms with Gasteiger partial charge in [0.1, 0.15) is 0 Å². The third-order valence-corrected chi connectivity index (χ3v) is 3.44. The van der Waals surface area contributed by atoms with E-state index in [9.17, 15) is 9.90 Å². The van der Waals surface area contributed by atoms with Gasteiger partial charge in [0, 0.05) is 6.42 Å². The molecule has 1 N–H and O–H groups in total. The molecular formula is C23H34O3. The Bertz CT molecular complexity index is 508. The highest BCUT2D eigenvalue weighted by molar-refractivity contribution is 5.69. The quantitative estimate of drug-likeness (QED) is 0.249. The summed E-state index contributed by atoms with van der Waals surface area (Å²) in [6, 6.07) is 0. The molecule has 0 spiro atoms. The van der Waals surface area contributed by atoms with Gasteiger partial charge in [-0.25, -0.2) is 0 Å². The molecule has 0 aromatic rings. The standard InChI is InChI=1S/C23H34O3/c1-3-4-5-6-7-8-9-10-11-12-13-14-15-16-17-18-19-22(24)20-21-23(25)26-2/h4-5,7-8,10-11,13-14,16-19,22,24H,3,6,9,12,15,20-21H2,1-2H3. The van der Waals surface area contributed by atoms with Crippen LogP contribution in [0.1, 0.15) is 51.9 Å². The molecule has 0 aliphatic rings. The minimum absolute atomic E-state index is 0.230. The minimum atomic E-state index is -0.615. The molecule has 0 fully saturated rings. The SMILES string of the molecule is CCC=CCC=CCC=CCC=CCC=CC=CC(O)CCC(=O)OC. The van der Waals surface area contributed by atoms with Crippen molar-refractivity contribution in [2.75, 3.05) is 7.11 Å². The van der Waals surface area contributed by atoms with Crippen LogP contribution in [0.25, 0.3) is 0 Å². The third kappa shape index (κ3) is 18.2. The lowest BCUT2D eigenvalue weighted by molar-refractivity contribution is -0.141. The average Bonchev–Trinajstić information content (AvgIpc) is 2.65. The molecule has 0 aromatic heterocycles. The molecule has 0 rings (SSSR count). The maximum Gasteiger partial charge on any atom is 0.305 e. The number of ether oxygens (including phenoxy) is 1. The highest BCUT2D eigenvalue weighted by Crippen LogP contribution is 2.00. The second kappa shape index (κ2) is 19.2. The average molecular weight is 359 g/mol. The molecule has 0 radical (unpaired) electrons. The van der Waals surface area contributed by atoms with Gasteiger partial charge in [0.2, 0.25) is 0 Å². The molecule has 144 valence electrons. The molecule has 0 aliphatic carbocycles. The fraction of sp³-hybridized carbons (Fsp3) is 0.435. The Labute approximate surface area is 159 Å². The Hall–Kier alpha value is -2.13. The van der Waals surface area contributed by atoms with Crippen molar-refractivity contribution >= 4 is 5.97 Å². The number of hydrogen-bond acceptors (Lipinski definition) is 3. The lowest BCUT2D eigenvalue weighted by Crippen LogP contribution is -2.07. The predicted molar refractivity (Wildman–Crippen MR) is 111 cm³/mol. The number of rotatable bonds is 14. The largest absolute Gasteiger partial charge is 0.469 e. The van der Waals surface area contributed by atoms with E-state index in [1.54, 1.807) is 12.2 Å². The highest BCUT2D eigenvalue weighted by Gasteiger charge is 2.04. The number of methoxy groups -OCH3 is 1. The molecule has 0 saturated carbocycles. The van der Waals surface area contributed by atoms with Crippen molar-refractivity contribution in [3.05, 3.63) is 72.9 Å². The van der Waals surface area contributed by atoms with Gasteiger partial charge in [-0.2, -0.15) is 0 Å². The van der Waals surface area contributed by atoms with Crippen LogP contribution in [0.2, 0.25) is 0 Å². The number of aliphatic hydroxyl groups excluding tert-OH is 1. The third-order valence-electron chi connectivity index (χ3n) is 3.44. The first-order valence-corrected chi connectivity index (χ1v) is 9.38. The van der Waals surface area contributed by atoms with Crippen LogP contribution in [0.3, 0.4) is 0 Å². The van der Waals surface area contributed by atoms with Gasteiger partial charge in [0.05, 0.1) is 13.2 Å². The van der Waals surface area contributed by atoms with Crippen molar-refractivity contribution in [2.24, 2.45) is 0 Å². The Morgan fingerprint density at radius 3 is 1.85 bits per heavy atom. The van der Waals surface area contributed by atoms with Crippen molar-refractivity contribution in [1.29, 1.82) is 0 Å². The zero-order valence-corrected chi connectivity index (χ0v) is 16.2. The summed E-state index contributed by atoms with van der Waals surface area (Å²) in [5.41, 5.74) is 0. The molecule has 3 nitrogen and oxygen atoms in total. The van der Waals surface area contributed by atoms with E-state index in [1.807, 2.05) is 12.2 Å². The second-order valence-corrected chi connectivity index (χ2v) is 5.73. The first-order chi connectivity index (χ1) is 12.7. The molecule has 0 saturated heterocycles. The van der Waals surface area contributed by atoms with Crippen LogP contribution in [0.15, 0.2) is 72.9 Å². The second-order valence-electron chi connectivity index (χ2n) is 5.73. The van der Waals surface area contributed by atoms with E-state index in [2.05, 4.69) is 60.3 Å². The maximum absolute atomic E-state index is 11.0. The van der Waals surface area contributed by atoms with Crippen LogP contribution >= 0.6 is 0 Å². The normalized spacial score (nSPS) is 14.1. The fourth-order valence-corrected chi connectivity index (χ4v) is 1.97. The van der Waals surface area contributed by atoms with Crippen molar-refractivity contribution in [2.45, 2.75) is 58.0 Å². The molecule has 0 aromatic carbocycles. The zero-order valence-electron chi connectivity index (χ0n) is 16.2. The molecule has 1 atom stereocenters. The summed E-state index contributed by atoms with van der Waals surface area (Å²) >= 11 is 0. The summed E-state index contributed by atoms with van der Waals surface area (Å²) in [5.74, 6) is -0.299. The molecule has 0 amide bonds. The Balaban J connectivity index is 3.69. The van der Waals surface area contributed by atoms with Crippen LogP contribution in [0.5, 0.6) is 0 Å². The first kappa shape index (κ1) is 23.9. The lowest BCUT2D eigenvalue weighted by atomic mass is 10.2. The van der Waals surface area contributed by atoms with Crippen LogP contribution in [0, 0.1) is 0 Å². The van der Waals surface area contributed by atoms with Crippen molar-refractivity contribution < 1.29 is 14.6 Å². The first-order valence-electron chi connectivity index (χ1n) is 9.38.